The molecule has 0 aliphatic heterocycles. The smallest absolute Gasteiger partial charge is 0.101 e. The molecule has 0 aliphatic carbocycles. The van der Waals surface area contributed by atoms with Crippen molar-refractivity contribution in [3.63, 3.8) is 0 Å². The first kappa shape index (κ1) is 20.7. The van der Waals surface area contributed by atoms with Crippen LogP contribution in [0.4, 0.5) is 0 Å². The number of carboxylic acid groups (broad SMARTS) is 2. The fourth-order valence-electron chi connectivity index (χ4n) is 0.436. The molecule has 0 radical (unpaired) electrons. The van der Waals surface area contributed by atoms with Crippen LogP contribution in [-0.4, -0.2) is 55.8 Å². The summed E-state index contributed by atoms with van der Waals surface area (Å²) in [4.78, 5) is 18.8. The molecule has 0 saturated heterocycles. The molecule has 16 heavy (non-hydrogen) atoms. The van der Waals surface area contributed by atoms with Gasteiger partial charge in [-0.1, -0.05) is 0 Å². The Bertz CT molecular complexity index is 219. The number of nitrogens with zero attached hydrogens (tertiary/aromatic N) is 1. The van der Waals surface area contributed by atoms with Crippen molar-refractivity contribution in [1.82, 2.24) is 0 Å². The molecule has 0 atom stereocenters. The molecule has 0 unspecified atom stereocenters. The van der Waals surface area contributed by atoms with Crippen molar-refractivity contribution >= 4 is 35.9 Å². The van der Waals surface area contributed by atoms with Gasteiger partial charge in [-0.3, -0.25) is 0 Å². The number of aliphatic hydroxyl groups excluding tert-OH is 1. The van der Waals surface area contributed by atoms with Gasteiger partial charge in [-0.25, -0.2) is 0 Å². The number of carbonyl (C=O) groups excluding carboxylic acids is 2. The number of halogens is 1. The van der Waals surface area contributed by atoms with Gasteiger partial charge in [0.25, 0.3) is 0 Å². The summed E-state index contributed by atoms with van der Waals surface area (Å²) in [5, 5.41) is 27.2. The third-order valence-electron chi connectivity index (χ3n) is 1.13. The molecular weight excluding hydrogens is 329 g/mol. The summed E-state index contributed by atoms with van der Waals surface area (Å²) in [5.41, 5.74) is 0. The monoisotopic (exact) mass is 346 g/mol. The first-order valence-electron chi connectivity index (χ1n) is 4.20. The summed E-state index contributed by atoms with van der Waals surface area (Å²) in [6.45, 7) is 1.11. The van der Waals surface area contributed by atoms with E-state index in [-0.39, 0.29) is 30.6 Å². The number of quaternary nitrogens is 1. The zero-order valence-electron chi connectivity index (χ0n) is 9.50. The highest BCUT2D eigenvalue weighted by molar-refractivity contribution is 14.0. The molecular formula is C9H17INO5-. The van der Waals surface area contributed by atoms with E-state index in [0.29, 0.717) is 12.2 Å². The van der Waals surface area contributed by atoms with Gasteiger partial charge in [-0.05, 0) is 12.2 Å². The van der Waals surface area contributed by atoms with Gasteiger partial charge in [-0.2, -0.15) is 0 Å². The van der Waals surface area contributed by atoms with Crippen LogP contribution in [0.25, 0.3) is 0 Å². The number of aliphatic carboxylic acids is 2. The molecule has 0 aromatic carbocycles. The van der Waals surface area contributed by atoms with Crippen LogP contribution >= 0.6 is 24.0 Å². The maximum Gasteiger partial charge on any atom is 0.101 e. The maximum atomic E-state index is 9.41. The van der Waals surface area contributed by atoms with Crippen LogP contribution in [0.5, 0.6) is 0 Å². The van der Waals surface area contributed by atoms with Crippen molar-refractivity contribution < 1.29 is 29.4 Å². The first-order valence-corrected chi connectivity index (χ1v) is 4.20. The average molecular weight is 346 g/mol. The zero-order chi connectivity index (χ0) is 12.5. The highest BCUT2D eigenvalue weighted by atomic mass is 127. The summed E-state index contributed by atoms with van der Waals surface area (Å²) >= 11 is 0. The minimum Gasteiger partial charge on any atom is -0.545 e. The molecule has 0 amide bonds. The molecule has 0 heterocycles. The second kappa shape index (κ2) is 10.8. The van der Waals surface area contributed by atoms with E-state index in [1.54, 1.807) is 0 Å². The molecule has 0 bridgehead atoms. The zero-order valence-corrected chi connectivity index (χ0v) is 11.8. The van der Waals surface area contributed by atoms with Crippen molar-refractivity contribution in [3.05, 3.63) is 12.2 Å². The van der Waals surface area contributed by atoms with Gasteiger partial charge in [0.1, 0.15) is 6.54 Å². The molecule has 7 heteroatoms. The molecule has 0 saturated carbocycles. The fraction of sp³-hybridized carbons (Fsp3) is 0.556. The Hall–Kier alpha value is -0.670. The van der Waals surface area contributed by atoms with Crippen molar-refractivity contribution in [2.24, 2.45) is 0 Å². The van der Waals surface area contributed by atoms with Gasteiger partial charge in [0.2, 0.25) is 0 Å². The van der Waals surface area contributed by atoms with Gasteiger partial charge in [-0.15, -0.1) is 24.0 Å². The highest BCUT2D eigenvalue weighted by Gasteiger charge is 2.02. The van der Waals surface area contributed by atoms with E-state index >= 15 is 0 Å². The van der Waals surface area contributed by atoms with Crippen molar-refractivity contribution in [1.29, 1.82) is 0 Å². The molecule has 1 N–H and O–H groups in total. The van der Waals surface area contributed by atoms with E-state index in [4.69, 9.17) is 5.11 Å². The van der Waals surface area contributed by atoms with Crippen LogP contribution in [0.1, 0.15) is 0 Å². The Morgan fingerprint density at radius 2 is 1.44 bits per heavy atom. The average Bonchev–Trinajstić information content (AvgIpc) is 1.99. The summed E-state index contributed by atoms with van der Waals surface area (Å²) in [6.07, 6.45) is 0.769. The summed E-state index contributed by atoms with van der Waals surface area (Å²) in [7, 11) is 6.16. The standard InChI is InChI=1S/C5H14NO.C4H4O4.HI/c1-6(2,3)4-5-7;5-3(6)1-2-4(7)8;/h7H,4-5H2,1-3H3;1-2H,(H,5,6)(H,7,8);1H/q+1;;/p-2/b;2-1-;. The molecule has 0 aromatic rings. The van der Waals surface area contributed by atoms with Crippen molar-refractivity contribution in [2.45, 2.75) is 0 Å². The highest BCUT2D eigenvalue weighted by Crippen LogP contribution is 1.84. The minimum atomic E-state index is -1.55. The number of hydrogen-bond donors (Lipinski definition) is 1. The van der Waals surface area contributed by atoms with Crippen LogP contribution in [0.3, 0.4) is 0 Å². The van der Waals surface area contributed by atoms with Crippen molar-refractivity contribution in [3.8, 4) is 0 Å². The number of carboxylic acids is 2. The van der Waals surface area contributed by atoms with Gasteiger partial charge in [0.15, 0.2) is 0 Å². The van der Waals surface area contributed by atoms with Gasteiger partial charge >= 0.3 is 0 Å². The van der Waals surface area contributed by atoms with E-state index in [0.717, 1.165) is 11.0 Å². The van der Waals surface area contributed by atoms with E-state index in [1.165, 1.54) is 0 Å². The predicted octanol–water partition coefficient (Wildman–Crippen LogP) is -2.65. The lowest BCUT2D eigenvalue weighted by Gasteiger charge is -2.21. The topological polar surface area (TPSA) is 100 Å². The molecule has 6 nitrogen and oxygen atoms in total. The Balaban J connectivity index is -0.000000200. The Morgan fingerprint density at radius 1 is 1.12 bits per heavy atom. The number of aliphatic hydroxyl groups is 1. The maximum absolute atomic E-state index is 9.41. The Kier molecular flexibility index (Phi) is 14.0. The Labute approximate surface area is 112 Å². The van der Waals surface area contributed by atoms with Crippen molar-refractivity contribution in [2.75, 3.05) is 34.3 Å². The molecule has 96 valence electrons. The third kappa shape index (κ3) is 29.2. The molecule has 0 aliphatic rings. The van der Waals surface area contributed by atoms with Crippen LogP contribution < -0.4 is 10.2 Å². The molecule has 0 aromatic heterocycles. The van der Waals surface area contributed by atoms with E-state index in [9.17, 15) is 19.8 Å². The quantitative estimate of drug-likeness (QED) is 0.340. The van der Waals surface area contributed by atoms with E-state index in [1.807, 2.05) is 0 Å². The number of likely N-dealkylation sites (N-methyl/N-ethyl adjacent to an activating group) is 1. The normalized spacial score (nSPS) is 10.0. The lowest BCUT2D eigenvalue weighted by atomic mass is 10.5. The van der Waals surface area contributed by atoms with Crippen LogP contribution in [0.15, 0.2) is 12.2 Å². The first-order chi connectivity index (χ1) is 6.69. The summed E-state index contributed by atoms with van der Waals surface area (Å²) < 4.78 is 0.844. The Morgan fingerprint density at radius 3 is 1.50 bits per heavy atom. The largest absolute Gasteiger partial charge is 0.545 e. The van der Waals surface area contributed by atoms with Gasteiger partial charge < -0.3 is 29.4 Å². The second-order valence-corrected chi connectivity index (χ2v) is 3.71. The second-order valence-electron chi connectivity index (χ2n) is 3.71. The lowest BCUT2D eigenvalue weighted by molar-refractivity contribution is -0.870. The summed E-state index contributed by atoms with van der Waals surface area (Å²) in [6, 6.07) is 0. The SMILES string of the molecule is C[N+](C)(C)CCO.I.O=C([O-])/C=C\C(=O)[O-]. The third-order valence-corrected chi connectivity index (χ3v) is 1.13. The predicted molar refractivity (Wildman–Crippen MR) is 64.6 cm³/mol. The van der Waals surface area contributed by atoms with E-state index < -0.39 is 11.9 Å². The van der Waals surface area contributed by atoms with Crippen LogP contribution in [0, 0.1) is 0 Å². The van der Waals surface area contributed by atoms with Gasteiger partial charge in [0, 0.05) is 0 Å². The number of rotatable bonds is 4. The molecule has 0 rings (SSSR count). The fourth-order valence-corrected chi connectivity index (χ4v) is 0.436. The lowest BCUT2D eigenvalue weighted by Crippen LogP contribution is -2.36. The molecule has 0 spiro atoms. The summed E-state index contributed by atoms with van der Waals surface area (Å²) in [5.74, 6) is -3.09. The van der Waals surface area contributed by atoms with Gasteiger partial charge in [0.05, 0.1) is 39.7 Å². The minimum absolute atomic E-state index is 0. The number of hydrogen-bond acceptors (Lipinski definition) is 5. The number of carbonyl (C=O) groups is 2. The van der Waals surface area contributed by atoms with Crippen LogP contribution in [-0.2, 0) is 9.59 Å². The molecule has 0 fully saturated rings. The van der Waals surface area contributed by atoms with Crippen LogP contribution in [0.2, 0.25) is 0 Å². The van der Waals surface area contributed by atoms with E-state index in [2.05, 4.69) is 21.1 Å².